The van der Waals surface area contributed by atoms with Gasteiger partial charge in [-0.1, -0.05) is 158 Å². The van der Waals surface area contributed by atoms with Crippen molar-refractivity contribution in [1.82, 2.24) is 4.48 Å². The zero-order valence-corrected chi connectivity index (χ0v) is 36.0. The van der Waals surface area contributed by atoms with Crippen molar-refractivity contribution in [3.8, 4) is 22.3 Å². The van der Waals surface area contributed by atoms with Gasteiger partial charge in [0.25, 0.3) is 0 Å². The number of nitrogens with zero attached hydrogens (tertiary/aromatic N) is 2. The third kappa shape index (κ3) is 4.59. The van der Waals surface area contributed by atoms with E-state index in [2.05, 4.69) is 204 Å². The van der Waals surface area contributed by atoms with Crippen LogP contribution < -0.4 is 15.8 Å². The van der Waals surface area contributed by atoms with E-state index >= 15 is 0 Å². The maximum atomic E-state index is 2.76. The van der Waals surface area contributed by atoms with Crippen molar-refractivity contribution in [3.63, 3.8) is 0 Å². The predicted molar refractivity (Wildman–Crippen MR) is 255 cm³/mol. The molecule has 9 aromatic rings. The summed E-state index contributed by atoms with van der Waals surface area (Å²) in [6.07, 6.45) is 0. The summed E-state index contributed by atoms with van der Waals surface area (Å²) >= 11 is 1.95. The fourth-order valence-electron chi connectivity index (χ4n) is 11.3. The van der Waals surface area contributed by atoms with Crippen molar-refractivity contribution < 1.29 is 0 Å². The molecule has 59 heavy (non-hydrogen) atoms. The number of hydrogen-bond acceptors (Lipinski definition) is 2. The van der Waals surface area contributed by atoms with Gasteiger partial charge in [0, 0.05) is 54.3 Å². The zero-order chi connectivity index (χ0) is 40.3. The first kappa shape index (κ1) is 35.1. The van der Waals surface area contributed by atoms with E-state index in [9.17, 15) is 0 Å². The Kier molecular flexibility index (Phi) is 6.95. The largest absolute Gasteiger partial charge is 0.374 e. The van der Waals surface area contributed by atoms with Gasteiger partial charge in [-0.2, -0.15) is 0 Å². The third-order valence-corrected chi connectivity index (χ3v) is 15.4. The summed E-state index contributed by atoms with van der Waals surface area (Å²) in [5.41, 5.74) is 22.3. The number of aryl methyl sites for hydroxylation is 1. The Morgan fingerprint density at radius 2 is 1.22 bits per heavy atom. The molecule has 286 valence electrons. The molecule has 0 fully saturated rings. The summed E-state index contributed by atoms with van der Waals surface area (Å²) < 4.78 is 5.49. The van der Waals surface area contributed by atoms with Crippen LogP contribution in [0.25, 0.3) is 53.5 Å². The topological polar surface area (TPSA) is 8.17 Å². The SMILES string of the molecule is Cc1cc2c3c(c1)N(c1ccc(C(C)(C)C)cc1-c1ccccc1)c1cc4c(cc1B3n1c3c-2cccc3c2sc3ccccc3c21)C(C)(C)c1ccccc1C4(C)C. The van der Waals surface area contributed by atoms with E-state index in [4.69, 9.17) is 0 Å². The van der Waals surface area contributed by atoms with Crippen LogP contribution in [0.1, 0.15) is 81.8 Å². The predicted octanol–water partition coefficient (Wildman–Crippen LogP) is 13.7. The van der Waals surface area contributed by atoms with Crippen molar-refractivity contribution in [2.24, 2.45) is 0 Å². The van der Waals surface area contributed by atoms with Crippen molar-refractivity contribution in [1.29, 1.82) is 0 Å². The van der Waals surface area contributed by atoms with Gasteiger partial charge in [0.05, 0.1) is 15.9 Å². The summed E-state index contributed by atoms with van der Waals surface area (Å²) in [6.45, 7) is 19.0. The van der Waals surface area contributed by atoms with Crippen LogP contribution in [0, 0.1) is 6.92 Å². The lowest BCUT2D eigenvalue weighted by Crippen LogP contribution is -2.57. The molecule has 3 aliphatic rings. The van der Waals surface area contributed by atoms with E-state index in [1.165, 1.54) is 115 Å². The van der Waals surface area contributed by atoms with E-state index < -0.39 is 0 Å². The van der Waals surface area contributed by atoms with Crippen LogP contribution in [0.3, 0.4) is 0 Å². The lowest BCUT2D eigenvalue weighted by molar-refractivity contribution is 0.521. The molecule has 1 aliphatic carbocycles. The highest BCUT2D eigenvalue weighted by Gasteiger charge is 2.48. The Morgan fingerprint density at radius 3 is 1.97 bits per heavy atom. The number of benzene rings is 7. The molecule has 0 N–H and O–H groups in total. The van der Waals surface area contributed by atoms with E-state index in [0.29, 0.717) is 0 Å². The molecule has 7 aromatic carbocycles. The molecular weight excluding hydrogens is 731 g/mol. The lowest BCUT2D eigenvalue weighted by Gasteiger charge is -2.47. The van der Waals surface area contributed by atoms with E-state index in [1.807, 2.05) is 11.3 Å². The van der Waals surface area contributed by atoms with Crippen LogP contribution in [0.2, 0.25) is 0 Å². The third-order valence-electron chi connectivity index (χ3n) is 14.2. The minimum Gasteiger partial charge on any atom is -0.374 e. The fraction of sp³-hybridized carbons (Fsp3) is 0.200. The monoisotopic (exact) mass is 778 g/mol. The minimum absolute atomic E-state index is 0.00425. The molecule has 0 amide bonds. The van der Waals surface area contributed by atoms with Crippen molar-refractivity contribution >= 4 is 77.4 Å². The number of aromatic nitrogens is 1. The van der Waals surface area contributed by atoms with E-state index in [-0.39, 0.29) is 23.1 Å². The van der Waals surface area contributed by atoms with Gasteiger partial charge in [0.1, 0.15) is 0 Å². The molecule has 0 atom stereocenters. The summed E-state index contributed by atoms with van der Waals surface area (Å²) in [5.74, 6) is 0. The normalized spacial score (nSPS) is 15.7. The van der Waals surface area contributed by atoms with Crippen molar-refractivity contribution in [3.05, 3.63) is 173 Å². The Balaban J connectivity index is 1.27. The summed E-state index contributed by atoms with van der Waals surface area (Å²) in [6, 6.07) is 53.8. The van der Waals surface area contributed by atoms with Crippen LogP contribution in [0.4, 0.5) is 17.1 Å². The molecule has 0 saturated carbocycles. The van der Waals surface area contributed by atoms with Gasteiger partial charge < -0.3 is 9.38 Å². The summed E-state index contributed by atoms with van der Waals surface area (Å²) in [4.78, 5) is 2.66. The average Bonchev–Trinajstić information content (AvgIpc) is 3.77. The number of hydrogen-bond donors (Lipinski definition) is 0. The quantitative estimate of drug-likeness (QED) is 0.159. The Morgan fingerprint density at radius 1 is 0.542 bits per heavy atom. The highest BCUT2D eigenvalue weighted by atomic mass is 32.1. The second-order valence-corrected chi connectivity index (χ2v) is 20.5. The second-order valence-electron chi connectivity index (χ2n) is 19.4. The average molecular weight is 779 g/mol. The molecule has 0 unspecified atom stereocenters. The standard InChI is InChI=1S/C55H47BN2S/c1-32-27-39-35-20-16-21-37-50(35)58(51-36-19-12-15-24-48(36)59-52(37)51)56-44-30-42-43(55(7,8)41-23-14-13-22-40(41)54(42,5)6)31-46(44)57(47(28-32)49(39)56)45-26-25-34(53(2,3)4)29-38(45)33-17-10-9-11-18-33/h9-31H,1-8H3. The van der Waals surface area contributed by atoms with E-state index in [0.717, 1.165) is 0 Å². The van der Waals surface area contributed by atoms with Crippen molar-refractivity contribution in [2.45, 2.75) is 71.6 Å². The van der Waals surface area contributed by atoms with Crippen LogP contribution >= 0.6 is 11.3 Å². The fourth-order valence-corrected chi connectivity index (χ4v) is 12.5. The zero-order valence-electron chi connectivity index (χ0n) is 35.2. The van der Waals surface area contributed by atoms with Crippen molar-refractivity contribution in [2.75, 3.05) is 4.90 Å². The summed E-state index contributed by atoms with van der Waals surface area (Å²) in [5, 5.41) is 2.70. The van der Waals surface area contributed by atoms with E-state index in [1.54, 1.807) is 0 Å². The van der Waals surface area contributed by atoms with Gasteiger partial charge in [0.15, 0.2) is 0 Å². The smallest absolute Gasteiger partial charge is 0.333 e. The van der Waals surface area contributed by atoms with Gasteiger partial charge in [-0.05, 0) is 98.1 Å². The molecule has 0 spiro atoms. The molecule has 4 heteroatoms. The Hall–Kier alpha value is -5.84. The number of rotatable bonds is 2. The molecule has 0 bridgehead atoms. The first-order chi connectivity index (χ1) is 28.3. The Bertz CT molecular complexity index is 3280. The van der Waals surface area contributed by atoms with Gasteiger partial charge >= 0.3 is 6.85 Å². The second kappa shape index (κ2) is 11.7. The molecule has 0 radical (unpaired) electrons. The highest BCUT2D eigenvalue weighted by molar-refractivity contribution is 7.27. The molecule has 2 aliphatic heterocycles. The van der Waals surface area contributed by atoms with Crippen LogP contribution in [0.15, 0.2) is 140 Å². The van der Waals surface area contributed by atoms with Crippen LogP contribution in [-0.2, 0) is 16.2 Å². The number of para-hydroxylation sites is 1. The molecule has 2 nitrogen and oxygen atoms in total. The summed E-state index contributed by atoms with van der Waals surface area (Å²) in [7, 11) is 0. The van der Waals surface area contributed by atoms with Crippen LogP contribution in [0.5, 0.6) is 0 Å². The maximum absolute atomic E-state index is 2.76. The van der Waals surface area contributed by atoms with Crippen LogP contribution in [-0.4, -0.2) is 11.3 Å². The lowest BCUT2D eigenvalue weighted by atomic mass is 9.44. The highest BCUT2D eigenvalue weighted by Crippen LogP contribution is 2.54. The Labute approximate surface area is 351 Å². The first-order valence-corrected chi connectivity index (χ1v) is 22.0. The maximum Gasteiger partial charge on any atom is 0.333 e. The number of thiophene rings is 1. The van der Waals surface area contributed by atoms with Gasteiger partial charge in [-0.3, -0.25) is 0 Å². The number of anilines is 3. The molecular formula is C55H47BN2S. The molecule has 2 aromatic heterocycles. The first-order valence-electron chi connectivity index (χ1n) is 21.2. The molecule has 0 saturated heterocycles. The van der Waals surface area contributed by atoms with Gasteiger partial charge in [0.2, 0.25) is 0 Å². The van der Waals surface area contributed by atoms with Gasteiger partial charge in [-0.15, -0.1) is 11.3 Å². The molecule has 4 heterocycles. The number of fused-ring (bicyclic) bond motifs is 11. The minimum atomic E-state index is -0.199. The molecule has 12 rings (SSSR count). The van der Waals surface area contributed by atoms with Gasteiger partial charge in [-0.25, -0.2) is 0 Å².